The number of benzene rings is 1. The van der Waals surface area contributed by atoms with Crippen LogP contribution in [0.2, 0.25) is 0 Å². The lowest BCUT2D eigenvalue weighted by molar-refractivity contribution is 0.598. The van der Waals surface area contributed by atoms with Crippen molar-refractivity contribution in [3.63, 3.8) is 0 Å². The maximum atomic E-state index is 11.2. The van der Waals surface area contributed by atoms with E-state index in [0.29, 0.717) is 11.7 Å². The summed E-state index contributed by atoms with van der Waals surface area (Å²) in [6.07, 6.45) is 1.06. The zero-order chi connectivity index (χ0) is 13.2. The van der Waals surface area contributed by atoms with Crippen molar-refractivity contribution < 1.29 is 8.42 Å². The molecule has 1 aromatic rings. The van der Waals surface area contributed by atoms with E-state index in [2.05, 4.69) is 17.2 Å². The lowest BCUT2D eigenvalue weighted by atomic mass is 10.3. The first-order valence-corrected chi connectivity index (χ1v) is 8.09. The van der Waals surface area contributed by atoms with Crippen LogP contribution in [0.4, 0.5) is 5.69 Å². The largest absolute Gasteiger partial charge is 0.335 e. The van der Waals surface area contributed by atoms with E-state index in [1.807, 2.05) is 0 Å². The second kappa shape index (κ2) is 5.29. The highest BCUT2D eigenvalue weighted by Gasteiger charge is 2.13. The average Bonchev–Trinajstić information content (AvgIpc) is 2.28. The van der Waals surface area contributed by atoms with Crippen LogP contribution < -0.4 is 10.5 Å². The number of aliphatic imine (C=N–C) groups is 1. The molecule has 1 heterocycles. The monoisotopic (exact) mass is 285 g/mol. The molecule has 1 unspecified atom stereocenters. The lowest BCUT2D eigenvalue weighted by Gasteiger charge is -2.17. The highest BCUT2D eigenvalue weighted by Crippen LogP contribution is 2.20. The van der Waals surface area contributed by atoms with Crippen LogP contribution in [0.3, 0.4) is 0 Å². The summed E-state index contributed by atoms with van der Waals surface area (Å²) >= 11 is 1.63. The normalized spacial score (nSPS) is 20.3. The molecule has 0 spiro atoms. The van der Waals surface area contributed by atoms with E-state index in [1.54, 1.807) is 23.9 Å². The zero-order valence-corrected chi connectivity index (χ0v) is 11.6. The molecule has 0 bridgehead atoms. The molecule has 0 fully saturated rings. The Hall–Kier alpha value is -1.05. The summed E-state index contributed by atoms with van der Waals surface area (Å²) < 4.78 is 22.5. The molecule has 3 N–H and O–H groups in total. The summed E-state index contributed by atoms with van der Waals surface area (Å²) in [6.45, 7) is 2.06. The molecule has 0 saturated heterocycles. The smallest absolute Gasteiger partial charge is 0.238 e. The van der Waals surface area contributed by atoms with E-state index < -0.39 is 10.0 Å². The Kier molecular flexibility index (Phi) is 3.94. The summed E-state index contributed by atoms with van der Waals surface area (Å²) in [5.74, 6) is 1.02. The maximum absolute atomic E-state index is 11.2. The summed E-state index contributed by atoms with van der Waals surface area (Å²) in [6, 6.07) is 6.72. The van der Waals surface area contributed by atoms with Gasteiger partial charge in [0.25, 0.3) is 0 Å². The number of sulfonamides is 1. The molecule has 2 rings (SSSR count). The number of primary sulfonamides is 1. The molecular formula is C11H15N3O2S2. The SMILES string of the molecule is CC1CCSC(Nc2cccc(S(N)(=O)=O)c2)=N1. The number of nitrogens with two attached hydrogens (primary N) is 1. The molecule has 0 amide bonds. The minimum Gasteiger partial charge on any atom is -0.335 e. The summed E-state index contributed by atoms with van der Waals surface area (Å²) in [5, 5.41) is 9.03. The van der Waals surface area contributed by atoms with Gasteiger partial charge in [-0.3, -0.25) is 4.99 Å². The Bertz CT molecular complexity index is 569. The van der Waals surface area contributed by atoms with E-state index >= 15 is 0 Å². The van der Waals surface area contributed by atoms with Crippen molar-refractivity contribution in [2.75, 3.05) is 11.1 Å². The van der Waals surface area contributed by atoms with Gasteiger partial charge in [0.1, 0.15) is 0 Å². The number of hydrogen-bond acceptors (Lipinski definition) is 5. The second-order valence-corrected chi connectivity index (χ2v) is 6.76. The third-order valence-electron chi connectivity index (χ3n) is 2.53. The van der Waals surface area contributed by atoms with E-state index in [-0.39, 0.29) is 4.90 Å². The molecular weight excluding hydrogens is 270 g/mol. The average molecular weight is 285 g/mol. The van der Waals surface area contributed by atoms with Gasteiger partial charge in [-0.25, -0.2) is 13.6 Å². The molecule has 1 atom stereocenters. The quantitative estimate of drug-likeness (QED) is 0.865. The van der Waals surface area contributed by atoms with E-state index in [9.17, 15) is 8.42 Å². The summed E-state index contributed by atoms with van der Waals surface area (Å²) in [5.41, 5.74) is 0.682. The van der Waals surface area contributed by atoms with Crippen LogP contribution in [0.15, 0.2) is 34.2 Å². The molecule has 1 aliphatic rings. The van der Waals surface area contributed by atoms with Gasteiger partial charge in [-0.05, 0) is 31.5 Å². The Morgan fingerprint density at radius 3 is 2.94 bits per heavy atom. The van der Waals surface area contributed by atoms with Gasteiger partial charge in [-0.1, -0.05) is 17.8 Å². The highest BCUT2D eigenvalue weighted by atomic mass is 32.2. The Morgan fingerprint density at radius 1 is 1.50 bits per heavy atom. The van der Waals surface area contributed by atoms with Gasteiger partial charge >= 0.3 is 0 Å². The van der Waals surface area contributed by atoms with Gasteiger partial charge in [0.05, 0.1) is 10.9 Å². The van der Waals surface area contributed by atoms with Crippen molar-refractivity contribution in [2.45, 2.75) is 24.3 Å². The van der Waals surface area contributed by atoms with Crippen LogP contribution in [0.5, 0.6) is 0 Å². The molecule has 0 aromatic heterocycles. The fourth-order valence-electron chi connectivity index (χ4n) is 1.57. The predicted octanol–water partition coefficient (Wildman–Crippen LogP) is 1.63. The molecule has 18 heavy (non-hydrogen) atoms. The van der Waals surface area contributed by atoms with Crippen LogP contribution in [0.1, 0.15) is 13.3 Å². The molecule has 0 radical (unpaired) electrons. The predicted molar refractivity (Wildman–Crippen MR) is 75.4 cm³/mol. The summed E-state index contributed by atoms with van der Waals surface area (Å²) in [4.78, 5) is 4.56. The van der Waals surface area contributed by atoms with Crippen LogP contribution >= 0.6 is 11.8 Å². The number of anilines is 1. The van der Waals surface area contributed by atoms with Crippen molar-refractivity contribution in [3.05, 3.63) is 24.3 Å². The number of nitrogens with zero attached hydrogens (tertiary/aromatic N) is 1. The van der Waals surface area contributed by atoms with Gasteiger partial charge in [-0.15, -0.1) is 0 Å². The molecule has 5 nitrogen and oxygen atoms in total. The third kappa shape index (κ3) is 3.47. The Balaban J connectivity index is 2.20. The lowest BCUT2D eigenvalue weighted by Crippen LogP contribution is -2.18. The minimum atomic E-state index is -3.66. The molecule has 7 heteroatoms. The first-order chi connectivity index (χ1) is 8.45. The van der Waals surface area contributed by atoms with Gasteiger partial charge in [0.2, 0.25) is 10.0 Å². The van der Waals surface area contributed by atoms with Gasteiger partial charge < -0.3 is 5.32 Å². The first-order valence-electron chi connectivity index (χ1n) is 5.55. The Labute approximate surface area is 111 Å². The standard InChI is InChI=1S/C11H15N3O2S2/c1-8-5-6-17-11(13-8)14-9-3-2-4-10(7-9)18(12,15)16/h2-4,7-8H,5-6H2,1H3,(H,13,14)(H2,12,15,16). The molecule has 1 aliphatic heterocycles. The number of hydrogen-bond donors (Lipinski definition) is 2. The van der Waals surface area contributed by atoms with Crippen molar-refractivity contribution >= 4 is 32.6 Å². The van der Waals surface area contributed by atoms with Gasteiger partial charge in [-0.2, -0.15) is 0 Å². The van der Waals surface area contributed by atoms with Crippen LogP contribution in [0.25, 0.3) is 0 Å². The number of amidine groups is 1. The van der Waals surface area contributed by atoms with Crippen molar-refractivity contribution in [1.82, 2.24) is 0 Å². The van der Waals surface area contributed by atoms with E-state index in [4.69, 9.17) is 5.14 Å². The van der Waals surface area contributed by atoms with Crippen molar-refractivity contribution in [3.8, 4) is 0 Å². The van der Waals surface area contributed by atoms with Gasteiger partial charge in [0.15, 0.2) is 5.17 Å². The maximum Gasteiger partial charge on any atom is 0.238 e. The molecule has 1 aromatic carbocycles. The highest BCUT2D eigenvalue weighted by molar-refractivity contribution is 8.14. The van der Waals surface area contributed by atoms with Crippen LogP contribution in [-0.2, 0) is 10.0 Å². The van der Waals surface area contributed by atoms with Gasteiger partial charge in [0, 0.05) is 11.4 Å². The van der Waals surface area contributed by atoms with E-state index in [1.165, 1.54) is 12.1 Å². The number of nitrogens with one attached hydrogen (secondary N) is 1. The van der Waals surface area contributed by atoms with E-state index in [0.717, 1.165) is 17.3 Å². The molecule has 0 saturated carbocycles. The topological polar surface area (TPSA) is 84.5 Å². The fourth-order valence-corrected chi connectivity index (χ4v) is 3.23. The first kappa shape index (κ1) is 13.4. The van der Waals surface area contributed by atoms with Crippen molar-refractivity contribution in [2.24, 2.45) is 10.1 Å². The molecule has 0 aliphatic carbocycles. The second-order valence-electron chi connectivity index (χ2n) is 4.12. The zero-order valence-electron chi connectivity index (χ0n) is 9.96. The van der Waals surface area contributed by atoms with Crippen molar-refractivity contribution in [1.29, 1.82) is 0 Å². The Morgan fingerprint density at radius 2 is 2.28 bits per heavy atom. The third-order valence-corrected chi connectivity index (χ3v) is 4.36. The van der Waals surface area contributed by atoms with Crippen LogP contribution in [0, 0.1) is 0 Å². The fraction of sp³-hybridized carbons (Fsp3) is 0.364. The summed E-state index contributed by atoms with van der Waals surface area (Å²) in [7, 11) is -3.66. The van der Waals surface area contributed by atoms with Crippen LogP contribution in [-0.4, -0.2) is 25.4 Å². The number of rotatable bonds is 2. The minimum absolute atomic E-state index is 0.0990. The number of thioether (sulfide) groups is 1. The molecule has 98 valence electrons.